The lowest BCUT2D eigenvalue weighted by Crippen LogP contribution is -2.26. The zero-order chi connectivity index (χ0) is 17.1. The molecule has 5 rings (SSSR count). The molecule has 0 amide bonds. The van der Waals surface area contributed by atoms with Crippen molar-refractivity contribution in [1.82, 2.24) is 14.0 Å². The molecule has 4 heteroatoms. The van der Waals surface area contributed by atoms with Crippen LogP contribution in [0.3, 0.4) is 0 Å². The summed E-state index contributed by atoms with van der Waals surface area (Å²) >= 11 is 0. The summed E-state index contributed by atoms with van der Waals surface area (Å²) in [6.45, 7) is 2.20. The van der Waals surface area contributed by atoms with Crippen molar-refractivity contribution in [3.8, 4) is 11.4 Å². The van der Waals surface area contributed by atoms with Gasteiger partial charge in [0, 0.05) is 35.8 Å². The third-order valence-electron chi connectivity index (χ3n) is 5.21. The van der Waals surface area contributed by atoms with E-state index in [-0.39, 0.29) is 0 Å². The molecule has 0 aliphatic carbocycles. The van der Waals surface area contributed by atoms with E-state index in [1.54, 1.807) is 0 Å². The van der Waals surface area contributed by atoms with E-state index in [0.29, 0.717) is 0 Å². The Labute approximate surface area is 145 Å². The second-order valence-corrected chi connectivity index (χ2v) is 6.64. The normalized spacial score (nSPS) is 11.8. The van der Waals surface area contributed by atoms with E-state index in [4.69, 9.17) is 0 Å². The number of hydrogen-bond donors (Lipinski definition) is 0. The van der Waals surface area contributed by atoms with Crippen molar-refractivity contribution >= 4 is 27.3 Å². The van der Waals surface area contributed by atoms with Crippen LogP contribution in [0.25, 0.3) is 38.7 Å². The maximum Gasteiger partial charge on any atom is 0.294 e. The summed E-state index contributed by atoms with van der Waals surface area (Å²) in [7, 11) is 4.15. The van der Waals surface area contributed by atoms with Gasteiger partial charge in [-0.25, -0.2) is 9.55 Å². The summed E-state index contributed by atoms with van der Waals surface area (Å²) in [6, 6.07) is 13.0. The van der Waals surface area contributed by atoms with Crippen molar-refractivity contribution in [3.05, 3.63) is 66.7 Å². The van der Waals surface area contributed by atoms with E-state index in [2.05, 4.69) is 81.3 Å². The fourth-order valence-electron chi connectivity index (χ4n) is 3.97. The molecule has 0 N–H and O–H groups in total. The molecule has 0 aliphatic heterocycles. The molecule has 0 atom stereocenters. The monoisotopic (exact) mass is 327 g/mol. The van der Waals surface area contributed by atoms with Crippen LogP contribution < -0.4 is 4.57 Å². The van der Waals surface area contributed by atoms with Gasteiger partial charge >= 0.3 is 0 Å². The number of para-hydroxylation sites is 1. The van der Waals surface area contributed by atoms with Crippen LogP contribution in [0.1, 0.15) is 5.56 Å². The van der Waals surface area contributed by atoms with Gasteiger partial charge in [-0.2, -0.15) is 4.40 Å². The molecule has 3 aromatic heterocycles. The largest absolute Gasteiger partial charge is 0.334 e. The van der Waals surface area contributed by atoms with Gasteiger partial charge in [-0.3, -0.25) is 0 Å². The predicted molar refractivity (Wildman–Crippen MR) is 101 cm³/mol. The fraction of sp³-hybridized carbons (Fsp3) is 0.143. The molecule has 122 valence electrons. The van der Waals surface area contributed by atoms with Crippen LogP contribution in [0.4, 0.5) is 0 Å². The van der Waals surface area contributed by atoms with E-state index in [0.717, 1.165) is 5.82 Å². The molecular weight excluding hydrogens is 308 g/mol. The summed E-state index contributed by atoms with van der Waals surface area (Å²) in [5, 5.41) is 3.84. The Kier molecular flexibility index (Phi) is 2.80. The van der Waals surface area contributed by atoms with Crippen molar-refractivity contribution in [1.29, 1.82) is 0 Å². The minimum absolute atomic E-state index is 1.000. The highest BCUT2D eigenvalue weighted by Crippen LogP contribution is 2.34. The van der Waals surface area contributed by atoms with E-state index < -0.39 is 0 Å². The molecule has 0 spiro atoms. The number of imidazole rings is 2. The lowest BCUT2D eigenvalue weighted by atomic mass is 9.97. The van der Waals surface area contributed by atoms with Crippen molar-refractivity contribution in [2.24, 2.45) is 14.1 Å². The molecule has 4 nitrogen and oxygen atoms in total. The van der Waals surface area contributed by atoms with Gasteiger partial charge in [0.25, 0.3) is 5.65 Å². The Hall–Kier alpha value is -3.14. The van der Waals surface area contributed by atoms with Gasteiger partial charge < -0.3 is 4.57 Å². The molecule has 25 heavy (non-hydrogen) atoms. The van der Waals surface area contributed by atoms with Crippen LogP contribution in [0.5, 0.6) is 0 Å². The maximum absolute atomic E-state index is 4.56. The summed E-state index contributed by atoms with van der Waals surface area (Å²) in [5.41, 5.74) is 4.88. The molecule has 3 heterocycles. The average Bonchev–Trinajstić information content (AvgIpc) is 3.22. The predicted octanol–water partition coefficient (Wildman–Crippen LogP) is 3.78. The van der Waals surface area contributed by atoms with Gasteiger partial charge in [-0.1, -0.05) is 30.3 Å². The van der Waals surface area contributed by atoms with Gasteiger partial charge in [0.1, 0.15) is 23.7 Å². The first-order valence-corrected chi connectivity index (χ1v) is 8.45. The molecule has 0 radical (unpaired) electrons. The summed E-state index contributed by atoms with van der Waals surface area (Å²) < 4.78 is 6.56. The SMILES string of the molecule is Cc1c(-c2nccn2C)ccc2c3ccccc3n3cc[n+](C)c3c12. The molecule has 0 saturated heterocycles. The number of rotatable bonds is 1. The van der Waals surface area contributed by atoms with E-state index in [1.807, 2.05) is 19.4 Å². The fourth-order valence-corrected chi connectivity index (χ4v) is 3.97. The minimum Gasteiger partial charge on any atom is -0.334 e. The number of nitrogens with zero attached hydrogens (tertiary/aromatic N) is 4. The number of fused-ring (bicyclic) bond motifs is 6. The highest BCUT2D eigenvalue weighted by molar-refractivity contribution is 6.13. The van der Waals surface area contributed by atoms with Gasteiger partial charge in [0.2, 0.25) is 0 Å². The summed E-state index contributed by atoms with van der Waals surface area (Å²) in [4.78, 5) is 4.56. The zero-order valence-corrected chi connectivity index (χ0v) is 14.6. The Morgan fingerprint density at radius 2 is 1.84 bits per heavy atom. The van der Waals surface area contributed by atoms with Crippen LogP contribution in [0.2, 0.25) is 0 Å². The molecule has 0 unspecified atom stereocenters. The number of aryl methyl sites for hydroxylation is 3. The summed E-state index contributed by atoms with van der Waals surface area (Å²) in [5.74, 6) is 1.000. The van der Waals surface area contributed by atoms with Crippen LogP contribution in [0.15, 0.2) is 61.2 Å². The van der Waals surface area contributed by atoms with Gasteiger partial charge in [-0.05, 0) is 18.6 Å². The van der Waals surface area contributed by atoms with E-state index in [1.165, 1.54) is 38.4 Å². The van der Waals surface area contributed by atoms with E-state index >= 15 is 0 Å². The van der Waals surface area contributed by atoms with Crippen LogP contribution in [-0.4, -0.2) is 14.0 Å². The molecular formula is C21H19N4+. The molecule has 2 aromatic carbocycles. The van der Waals surface area contributed by atoms with Gasteiger partial charge in [0.15, 0.2) is 0 Å². The van der Waals surface area contributed by atoms with Gasteiger partial charge in [-0.15, -0.1) is 0 Å². The second-order valence-electron chi connectivity index (χ2n) is 6.64. The third-order valence-corrected chi connectivity index (χ3v) is 5.21. The second kappa shape index (κ2) is 4.93. The maximum atomic E-state index is 4.56. The zero-order valence-electron chi connectivity index (χ0n) is 14.6. The third kappa shape index (κ3) is 1.82. The lowest BCUT2D eigenvalue weighted by molar-refractivity contribution is -0.643. The first kappa shape index (κ1) is 14.2. The highest BCUT2D eigenvalue weighted by atomic mass is 15.1. The number of aromatic nitrogens is 4. The average molecular weight is 327 g/mol. The number of pyridine rings is 1. The number of hydrogen-bond acceptors (Lipinski definition) is 1. The Morgan fingerprint density at radius 3 is 2.64 bits per heavy atom. The van der Waals surface area contributed by atoms with Crippen LogP contribution >= 0.6 is 0 Å². The first-order chi connectivity index (χ1) is 12.2. The standard InChI is InChI=1S/C21H19N4/c1-14-15(20-22-10-11-23(20)2)8-9-17-16-6-4-5-7-18(16)25-13-12-24(3)21(25)19(14)17/h4-13H,1-3H3/q+1. The first-order valence-electron chi connectivity index (χ1n) is 8.45. The molecule has 0 fully saturated rings. The smallest absolute Gasteiger partial charge is 0.294 e. The molecule has 0 bridgehead atoms. The Balaban J connectivity index is 2.05. The number of benzene rings is 2. The highest BCUT2D eigenvalue weighted by Gasteiger charge is 2.21. The molecule has 0 aliphatic rings. The Morgan fingerprint density at radius 1 is 1.00 bits per heavy atom. The van der Waals surface area contributed by atoms with E-state index in [9.17, 15) is 0 Å². The van der Waals surface area contributed by atoms with Crippen molar-refractivity contribution < 1.29 is 4.57 Å². The summed E-state index contributed by atoms with van der Waals surface area (Å²) in [6.07, 6.45) is 8.11. The minimum atomic E-state index is 1.000. The van der Waals surface area contributed by atoms with Crippen molar-refractivity contribution in [2.75, 3.05) is 0 Å². The Bertz CT molecular complexity index is 1270. The topological polar surface area (TPSA) is 26.1 Å². The molecule has 0 saturated carbocycles. The van der Waals surface area contributed by atoms with Crippen molar-refractivity contribution in [2.45, 2.75) is 6.92 Å². The van der Waals surface area contributed by atoms with Crippen molar-refractivity contribution in [3.63, 3.8) is 0 Å². The quantitative estimate of drug-likeness (QED) is 0.340. The van der Waals surface area contributed by atoms with Crippen LogP contribution in [0, 0.1) is 6.92 Å². The van der Waals surface area contributed by atoms with Gasteiger partial charge in [0.05, 0.1) is 12.4 Å². The molecule has 5 aromatic rings. The lowest BCUT2D eigenvalue weighted by Gasteiger charge is -2.11. The van der Waals surface area contributed by atoms with Crippen LogP contribution in [-0.2, 0) is 14.1 Å².